The molecule has 1 aliphatic rings. The van der Waals surface area contributed by atoms with E-state index >= 15 is 0 Å². The van der Waals surface area contributed by atoms with Crippen LogP contribution in [-0.2, 0) is 32.5 Å². The van der Waals surface area contributed by atoms with Crippen LogP contribution in [0, 0.1) is 12.0 Å². The van der Waals surface area contributed by atoms with Crippen LogP contribution < -0.4 is 10.1 Å². The van der Waals surface area contributed by atoms with Gasteiger partial charge < -0.3 is 24.7 Å². The van der Waals surface area contributed by atoms with Crippen molar-refractivity contribution in [3.8, 4) is 5.75 Å². The van der Waals surface area contributed by atoms with E-state index in [0.717, 1.165) is 11.8 Å². The van der Waals surface area contributed by atoms with Crippen molar-refractivity contribution in [2.24, 2.45) is 5.41 Å². The summed E-state index contributed by atoms with van der Waals surface area (Å²) in [6.07, 6.45) is 0.204. The highest BCUT2D eigenvalue weighted by atomic mass is 32.2. The predicted octanol–water partition coefficient (Wildman–Crippen LogP) is 3.88. The van der Waals surface area contributed by atoms with Gasteiger partial charge in [0.05, 0.1) is 19.5 Å². The molecule has 1 fully saturated rings. The minimum absolute atomic E-state index is 0.0530. The smallest absolute Gasteiger partial charge is 0.475 e. The molecule has 15 nitrogen and oxygen atoms in total. The number of carbonyl (C=O) groups excluding carboxylic acids is 2. The summed E-state index contributed by atoms with van der Waals surface area (Å²) in [5.41, 5.74) is 0.0744. The number of nitrogens with one attached hydrogen (secondary N) is 1. The number of aromatic nitrogens is 4. The summed E-state index contributed by atoms with van der Waals surface area (Å²) >= 11 is 1.04. The second kappa shape index (κ2) is 15.7. The minimum Gasteiger partial charge on any atom is -0.484 e. The van der Waals surface area contributed by atoms with Gasteiger partial charge in [-0.05, 0) is 12.1 Å². The summed E-state index contributed by atoms with van der Waals surface area (Å²) in [5, 5.41) is 12.7. The number of fused-ring (bicyclic) bond motifs is 1. The second-order valence-electron chi connectivity index (χ2n) is 10.8. The van der Waals surface area contributed by atoms with Gasteiger partial charge in [-0.3, -0.25) is 27.7 Å². The van der Waals surface area contributed by atoms with Crippen molar-refractivity contribution in [2.45, 2.75) is 45.6 Å². The average Bonchev–Trinajstić information content (AvgIpc) is 3.63. The largest absolute Gasteiger partial charge is 0.484 e. The van der Waals surface area contributed by atoms with Crippen LogP contribution in [0.4, 0.5) is 5.82 Å². The maximum Gasteiger partial charge on any atom is 0.475 e. The van der Waals surface area contributed by atoms with Crippen molar-refractivity contribution in [1.29, 1.82) is 0 Å². The third-order valence-corrected chi connectivity index (χ3v) is 9.07. The molecule has 0 aliphatic carbocycles. The number of para-hydroxylation sites is 1. The Hall–Kier alpha value is -3.42. The van der Waals surface area contributed by atoms with Crippen LogP contribution in [0.25, 0.3) is 16.0 Å². The van der Waals surface area contributed by atoms with Crippen molar-refractivity contribution in [3.05, 3.63) is 54.4 Å². The van der Waals surface area contributed by atoms with Gasteiger partial charge in [0, 0.05) is 17.6 Å². The van der Waals surface area contributed by atoms with E-state index in [1.54, 1.807) is 49.6 Å². The summed E-state index contributed by atoms with van der Waals surface area (Å²) in [7, 11) is -4.22. The lowest BCUT2D eigenvalue weighted by Gasteiger charge is -2.23. The molecule has 1 amide bonds. The fourth-order valence-electron chi connectivity index (χ4n) is 4.10. The molecule has 4 rings (SSSR count). The van der Waals surface area contributed by atoms with Crippen LogP contribution in [0.5, 0.6) is 5.75 Å². The van der Waals surface area contributed by atoms with E-state index in [-0.39, 0.29) is 55.0 Å². The van der Waals surface area contributed by atoms with Crippen molar-refractivity contribution in [2.75, 3.05) is 44.0 Å². The summed E-state index contributed by atoms with van der Waals surface area (Å²) < 4.78 is 43.3. The summed E-state index contributed by atoms with van der Waals surface area (Å²) in [6, 6.07) is 8.89. The van der Waals surface area contributed by atoms with Gasteiger partial charge in [-0.25, -0.2) is 26.1 Å². The van der Waals surface area contributed by atoms with E-state index in [1.165, 1.54) is 12.7 Å². The molecule has 0 bridgehead atoms. The van der Waals surface area contributed by atoms with Gasteiger partial charge in [-0.1, -0.05) is 50.7 Å². The van der Waals surface area contributed by atoms with Crippen LogP contribution in [0.2, 0.25) is 0 Å². The van der Waals surface area contributed by atoms with Gasteiger partial charge in [0.1, 0.15) is 37.1 Å². The molecule has 242 valence electrons. The highest BCUT2D eigenvalue weighted by molar-refractivity contribution is 8.13. The number of thioether (sulfide) groups is 1. The number of ether oxygens (including phenoxy) is 2. The average molecular weight is 663 g/mol. The van der Waals surface area contributed by atoms with Crippen molar-refractivity contribution in [3.63, 3.8) is 0 Å². The highest BCUT2D eigenvalue weighted by Crippen LogP contribution is 2.53. The third kappa shape index (κ3) is 9.54. The Balaban J connectivity index is 1.42. The number of hydrogen-bond acceptors (Lipinski definition) is 13. The normalized spacial score (nSPS) is 19.6. The Bertz CT molecular complexity index is 1540. The number of amides is 1. The number of carbonyl (C=O) groups is 2. The molecule has 2 aromatic heterocycles. The number of imidazole rings is 1. The maximum absolute atomic E-state index is 13.6. The fourth-order valence-corrected chi connectivity index (χ4v) is 6.37. The summed E-state index contributed by atoms with van der Waals surface area (Å²) in [6.45, 7) is 11.3. The first-order valence-electron chi connectivity index (χ1n) is 14.0. The number of phosphoric acid groups is 1. The van der Waals surface area contributed by atoms with E-state index in [2.05, 4.69) is 25.1 Å². The lowest BCUT2D eigenvalue weighted by atomic mass is 10.00. The van der Waals surface area contributed by atoms with Crippen LogP contribution in [-0.4, -0.2) is 86.6 Å². The first-order chi connectivity index (χ1) is 21.5. The lowest BCUT2D eigenvalue weighted by molar-refractivity contribution is -0.118. The van der Waals surface area contributed by atoms with Crippen LogP contribution >= 0.6 is 19.6 Å². The number of phosphoric ester groups is 1. The number of anilines is 1. The van der Waals surface area contributed by atoms with Gasteiger partial charge in [0.15, 0.2) is 28.7 Å². The molecule has 45 heavy (non-hydrogen) atoms. The molecule has 2 N–H and O–H groups in total. The lowest BCUT2D eigenvalue weighted by Crippen LogP contribution is -2.28. The minimum atomic E-state index is -4.22. The zero-order valence-electron chi connectivity index (χ0n) is 25.0. The molecule has 4 atom stereocenters. The maximum atomic E-state index is 13.6. The van der Waals surface area contributed by atoms with Gasteiger partial charge in [0.25, 0.3) is 5.91 Å². The van der Waals surface area contributed by atoms with Crippen LogP contribution in [0.1, 0.15) is 33.4 Å². The SMILES string of the molecule is [C-]#[N+]CCOP(=O)(OCCSC(=O)C(C)(C)C)OC1C[C@H](n2cnc3c(NC(=O)COc4ccccc4)ncnc32)O[C@@H]1CO. The Morgan fingerprint density at radius 3 is 2.67 bits per heavy atom. The molecular formula is C28H35N6O9PS. The molecule has 0 spiro atoms. The van der Waals surface area contributed by atoms with Gasteiger partial charge >= 0.3 is 7.82 Å². The number of nitrogens with zero attached hydrogens (tertiary/aromatic N) is 5. The van der Waals surface area contributed by atoms with Crippen LogP contribution in [0.3, 0.4) is 0 Å². The molecule has 2 unspecified atom stereocenters. The molecule has 1 saturated heterocycles. The third-order valence-electron chi connectivity index (χ3n) is 6.30. The Kier molecular flexibility index (Phi) is 12.0. The molecule has 1 aromatic carbocycles. The molecule has 3 heterocycles. The van der Waals surface area contributed by atoms with Gasteiger partial charge in [-0.15, -0.1) is 0 Å². The van der Waals surface area contributed by atoms with E-state index in [1.807, 2.05) is 6.07 Å². The van der Waals surface area contributed by atoms with Crippen molar-refractivity contribution >= 4 is 47.6 Å². The molecule has 0 saturated carbocycles. The standard InChI is InChI=1S/C28H35N6O9PS/c1-28(2,3)27(37)45-13-12-41-44(38,40-11-10-29-4)43-20-14-23(42-21(20)15-35)34-18-32-24-25(30-17-31-26(24)34)33-22(36)16-39-19-8-6-5-7-9-19/h5-9,17-18,20-21,23,35H,10-16H2,1-3H3,(H,30,31,33,36)/t20?,21-,23-,44?/m1/s1. The summed E-state index contributed by atoms with van der Waals surface area (Å²) in [4.78, 5) is 40.7. The van der Waals surface area contributed by atoms with E-state index in [0.29, 0.717) is 11.4 Å². The first kappa shape index (κ1) is 34.5. The quantitative estimate of drug-likeness (QED) is 0.136. The van der Waals surface area contributed by atoms with Crippen molar-refractivity contribution in [1.82, 2.24) is 19.5 Å². The van der Waals surface area contributed by atoms with Crippen LogP contribution in [0.15, 0.2) is 43.0 Å². The van der Waals surface area contributed by atoms with Gasteiger partial charge in [0.2, 0.25) is 6.54 Å². The summed E-state index contributed by atoms with van der Waals surface area (Å²) in [5.74, 6) is 0.466. The zero-order chi connectivity index (χ0) is 32.5. The number of hydrogen-bond donors (Lipinski definition) is 2. The fraction of sp³-hybridized carbons (Fsp3) is 0.500. The molecule has 1 aliphatic heterocycles. The van der Waals surface area contributed by atoms with E-state index in [4.69, 9.17) is 29.6 Å². The van der Waals surface area contributed by atoms with Gasteiger partial charge in [-0.2, -0.15) is 0 Å². The Morgan fingerprint density at radius 1 is 1.20 bits per heavy atom. The van der Waals surface area contributed by atoms with E-state index < -0.39 is 44.2 Å². The highest BCUT2D eigenvalue weighted by Gasteiger charge is 2.43. The molecule has 0 radical (unpaired) electrons. The number of aliphatic hydroxyl groups excluding tert-OH is 1. The molecule has 3 aromatic rings. The monoisotopic (exact) mass is 662 g/mol. The number of aliphatic hydroxyl groups is 1. The predicted molar refractivity (Wildman–Crippen MR) is 164 cm³/mol. The number of rotatable bonds is 15. The van der Waals surface area contributed by atoms with Crippen molar-refractivity contribution < 1.29 is 42.3 Å². The molecular weight excluding hydrogens is 627 g/mol. The van der Waals surface area contributed by atoms with E-state index in [9.17, 15) is 19.3 Å². The first-order valence-corrected chi connectivity index (χ1v) is 16.5. The topological polar surface area (TPSA) is 178 Å². The Labute approximate surface area is 264 Å². The Morgan fingerprint density at radius 2 is 1.96 bits per heavy atom. The zero-order valence-corrected chi connectivity index (χ0v) is 26.7. The molecule has 17 heteroatoms. The number of benzene rings is 1. The second-order valence-corrected chi connectivity index (χ2v) is 13.5.